The molecule has 0 bridgehead atoms. The van der Waals surface area contributed by atoms with Crippen molar-refractivity contribution in [2.75, 3.05) is 19.7 Å². The zero-order valence-electron chi connectivity index (χ0n) is 12.8. The normalized spacial score (nSPS) is 23.3. The third-order valence-electron chi connectivity index (χ3n) is 4.89. The largest absolute Gasteiger partial charge is 0.504 e. The van der Waals surface area contributed by atoms with E-state index in [4.69, 9.17) is 4.74 Å². The summed E-state index contributed by atoms with van der Waals surface area (Å²) in [5.74, 6) is 1.63. The molecule has 2 aromatic rings. The molecule has 2 atom stereocenters. The Morgan fingerprint density at radius 1 is 1.23 bits per heavy atom. The van der Waals surface area contributed by atoms with Gasteiger partial charge in [0.15, 0.2) is 11.5 Å². The summed E-state index contributed by atoms with van der Waals surface area (Å²) < 4.78 is 5.72. The molecule has 2 aliphatic rings. The Balaban J connectivity index is 1.91. The zero-order chi connectivity index (χ0) is 15.1. The number of rotatable bonds is 1. The van der Waals surface area contributed by atoms with E-state index in [0.29, 0.717) is 24.0 Å². The first-order valence-corrected chi connectivity index (χ1v) is 8.02. The predicted octanol–water partition coefficient (Wildman–Crippen LogP) is 3.17. The fourth-order valence-corrected chi connectivity index (χ4v) is 3.84. The Hall–Kier alpha value is -2.00. The summed E-state index contributed by atoms with van der Waals surface area (Å²) in [7, 11) is 0. The highest BCUT2D eigenvalue weighted by molar-refractivity contribution is 5.59. The Morgan fingerprint density at radius 3 is 2.86 bits per heavy atom. The molecule has 0 saturated heterocycles. The van der Waals surface area contributed by atoms with Crippen molar-refractivity contribution in [2.24, 2.45) is 0 Å². The molecule has 2 unspecified atom stereocenters. The smallest absolute Gasteiger partial charge is 0.164 e. The average molecular weight is 295 g/mol. The lowest BCUT2D eigenvalue weighted by molar-refractivity contribution is 0.320. The number of phenols is 1. The van der Waals surface area contributed by atoms with Gasteiger partial charge in [-0.15, -0.1) is 0 Å². The first-order valence-electron chi connectivity index (χ1n) is 8.02. The van der Waals surface area contributed by atoms with Gasteiger partial charge in [0.05, 0.1) is 6.61 Å². The van der Waals surface area contributed by atoms with Crippen LogP contribution in [0.1, 0.15) is 41.0 Å². The summed E-state index contributed by atoms with van der Waals surface area (Å²) in [6.07, 6.45) is 0.995. The molecule has 4 rings (SSSR count). The molecular weight excluding hydrogens is 274 g/mol. The highest BCUT2D eigenvalue weighted by Crippen LogP contribution is 2.47. The molecule has 0 fully saturated rings. The molecule has 0 saturated carbocycles. The van der Waals surface area contributed by atoms with Crippen LogP contribution in [-0.2, 0) is 6.42 Å². The number of hydrogen-bond donors (Lipinski definition) is 2. The second-order valence-electron chi connectivity index (χ2n) is 6.34. The van der Waals surface area contributed by atoms with Crippen molar-refractivity contribution < 1.29 is 9.84 Å². The van der Waals surface area contributed by atoms with Gasteiger partial charge in [0.2, 0.25) is 0 Å². The first kappa shape index (κ1) is 13.6. The molecule has 2 aliphatic heterocycles. The topological polar surface area (TPSA) is 41.5 Å². The van der Waals surface area contributed by atoms with Gasteiger partial charge in [-0.05, 0) is 35.7 Å². The lowest BCUT2D eigenvalue weighted by Crippen LogP contribution is -2.20. The minimum Gasteiger partial charge on any atom is -0.504 e. The molecule has 2 heterocycles. The number of aromatic hydroxyl groups is 1. The van der Waals surface area contributed by atoms with E-state index in [2.05, 4.69) is 36.5 Å². The summed E-state index contributed by atoms with van der Waals surface area (Å²) >= 11 is 0. The van der Waals surface area contributed by atoms with E-state index < -0.39 is 0 Å². The third-order valence-corrected chi connectivity index (χ3v) is 4.89. The maximum absolute atomic E-state index is 10.4. The number of fused-ring (bicyclic) bond motifs is 3. The molecule has 2 aromatic carbocycles. The number of benzene rings is 2. The van der Waals surface area contributed by atoms with Crippen molar-refractivity contribution in [1.82, 2.24) is 5.32 Å². The highest BCUT2D eigenvalue weighted by atomic mass is 16.5. The van der Waals surface area contributed by atoms with Crippen LogP contribution < -0.4 is 10.1 Å². The van der Waals surface area contributed by atoms with Gasteiger partial charge in [-0.2, -0.15) is 0 Å². The monoisotopic (exact) mass is 295 g/mol. The second-order valence-corrected chi connectivity index (χ2v) is 6.34. The van der Waals surface area contributed by atoms with E-state index in [9.17, 15) is 5.11 Å². The van der Waals surface area contributed by atoms with E-state index in [0.717, 1.165) is 19.5 Å². The van der Waals surface area contributed by atoms with Gasteiger partial charge in [0, 0.05) is 23.9 Å². The fourth-order valence-electron chi connectivity index (χ4n) is 3.84. The van der Waals surface area contributed by atoms with Gasteiger partial charge in [0.25, 0.3) is 0 Å². The average Bonchev–Trinajstić information content (AvgIpc) is 2.81. The van der Waals surface area contributed by atoms with Gasteiger partial charge in [0.1, 0.15) is 0 Å². The van der Waals surface area contributed by atoms with Crippen LogP contribution in [0.2, 0.25) is 0 Å². The molecule has 0 spiro atoms. The van der Waals surface area contributed by atoms with Crippen LogP contribution in [0.25, 0.3) is 0 Å². The molecule has 2 N–H and O–H groups in total. The van der Waals surface area contributed by atoms with Gasteiger partial charge in [-0.3, -0.25) is 0 Å². The van der Waals surface area contributed by atoms with Crippen LogP contribution in [0.5, 0.6) is 11.5 Å². The summed E-state index contributed by atoms with van der Waals surface area (Å²) in [4.78, 5) is 0. The van der Waals surface area contributed by atoms with Crippen LogP contribution in [0.4, 0.5) is 0 Å². The molecule has 0 amide bonds. The second kappa shape index (κ2) is 5.33. The van der Waals surface area contributed by atoms with Gasteiger partial charge >= 0.3 is 0 Å². The summed E-state index contributed by atoms with van der Waals surface area (Å²) in [6, 6.07) is 12.5. The fraction of sp³-hybridized carbons (Fsp3) is 0.368. The van der Waals surface area contributed by atoms with E-state index in [1.54, 1.807) is 0 Å². The van der Waals surface area contributed by atoms with Crippen molar-refractivity contribution >= 4 is 0 Å². The van der Waals surface area contributed by atoms with Crippen LogP contribution >= 0.6 is 0 Å². The van der Waals surface area contributed by atoms with Crippen LogP contribution in [-0.4, -0.2) is 24.8 Å². The summed E-state index contributed by atoms with van der Waals surface area (Å²) in [5, 5.41) is 14.0. The Labute approximate surface area is 130 Å². The highest BCUT2D eigenvalue weighted by Gasteiger charge is 2.32. The number of phenolic OH excluding ortho intramolecular Hbond substituents is 1. The van der Waals surface area contributed by atoms with Crippen LogP contribution in [0.15, 0.2) is 36.4 Å². The van der Waals surface area contributed by atoms with E-state index in [1.165, 1.54) is 22.3 Å². The van der Waals surface area contributed by atoms with Crippen LogP contribution in [0.3, 0.4) is 0 Å². The summed E-state index contributed by atoms with van der Waals surface area (Å²) in [5.41, 5.74) is 5.14. The molecule has 0 aromatic heterocycles. The van der Waals surface area contributed by atoms with Crippen LogP contribution in [0, 0.1) is 0 Å². The number of ether oxygens (including phenoxy) is 1. The van der Waals surface area contributed by atoms with E-state index in [1.807, 2.05) is 12.1 Å². The predicted molar refractivity (Wildman–Crippen MR) is 86.9 cm³/mol. The van der Waals surface area contributed by atoms with Crippen molar-refractivity contribution in [3.8, 4) is 11.5 Å². The van der Waals surface area contributed by atoms with Gasteiger partial charge in [-0.25, -0.2) is 0 Å². The van der Waals surface area contributed by atoms with Crippen molar-refractivity contribution in [1.29, 1.82) is 0 Å². The lowest BCUT2D eigenvalue weighted by atomic mass is 9.83. The molecule has 22 heavy (non-hydrogen) atoms. The molecule has 0 radical (unpaired) electrons. The van der Waals surface area contributed by atoms with E-state index in [-0.39, 0.29) is 5.92 Å². The minimum absolute atomic E-state index is 0.280. The Bertz CT molecular complexity index is 696. The zero-order valence-corrected chi connectivity index (χ0v) is 12.8. The van der Waals surface area contributed by atoms with E-state index >= 15 is 0 Å². The third kappa shape index (κ3) is 2.08. The molecule has 0 aliphatic carbocycles. The molecule has 114 valence electrons. The van der Waals surface area contributed by atoms with Gasteiger partial charge in [-0.1, -0.05) is 37.3 Å². The van der Waals surface area contributed by atoms with Crippen molar-refractivity contribution in [2.45, 2.75) is 25.2 Å². The quantitative estimate of drug-likeness (QED) is 0.849. The summed E-state index contributed by atoms with van der Waals surface area (Å²) in [6.45, 7) is 4.73. The molecular formula is C19H21NO2. The Kier molecular flexibility index (Phi) is 3.30. The van der Waals surface area contributed by atoms with Crippen molar-refractivity contribution in [3.05, 3.63) is 58.7 Å². The standard InChI is InChI=1S/C19H21NO2/c1-12-11-22-19-17(21)9-15-14(18(12)19)7-8-20-10-16(15)13-5-3-2-4-6-13/h2-6,9,12,16,20-21H,7-8,10-11H2,1H3. The maximum Gasteiger partial charge on any atom is 0.164 e. The van der Waals surface area contributed by atoms with Gasteiger partial charge < -0.3 is 15.2 Å². The number of nitrogens with one attached hydrogen (secondary N) is 1. The lowest BCUT2D eigenvalue weighted by Gasteiger charge is -2.21. The number of hydrogen-bond acceptors (Lipinski definition) is 3. The minimum atomic E-state index is 0.280. The Morgan fingerprint density at radius 2 is 2.05 bits per heavy atom. The molecule has 3 heteroatoms. The SMILES string of the molecule is CC1COc2c(O)cc3c(c21)CCNCC3c1ccccc1. The molecule has 3 nitrogen and oxygen atoms in total. The first-order chi connectivity index (χ1) is 10.8. The van der Waals surface area contributed by atoms with Crippen molar-refractivity contribution in [3.63, 3.8) is 0 Å². The maximum atomic E-state index is 10.4.